The molecule has 1 fully saturated rings. The van der Waals surface area contributed by atoms with Gasteiger partial charge in [-0.05, 0) is 31.4 Å². The van der Waals surface area contributed by atoms with E-state index in [4.69, 9.17) is 11.6 Å². The molecule has 148 valence electrons. The van der Waals surface area contributed by atoms with Gasteiger partial charge in [0.2, 0.25) is 11.7 Å². The van der Waals surface area contributed by atoms with Crippen LogP contribution in [0, 0.1) is 18.3 Å². The molecule has 1 aromatic carbocycles. The lowest BCUT2D eigenvalue weighted by atomic mass is 9.93. The van der Waals surface area contributed by atoms with E-state index in [0.717, 1.165) is 42.2 Å². The summed E-state index contributed by atoms with van der Waals surface area (Å²) in [5.74, 6) is -0.829. The second kappa shape index (κ2) is 7.66. The van der Waals surface area contributed by atoms with Crippen LogP contribution < -0.4 is 5.56 Å². The highest BCUT2D eigenvalue weighted by molar-refractivity contribution is 7.21. The number of hydrogen-bond donors (Lipinski definition) is 1. The van der Waals surface area contributed by atoms with Gasteiger partial charge in [0.1, 0.15) is 11.6 Å². The zero-order chi connectivity index (χ0) is 20.7. The summed E-state index contributed by atoms with van der Waals surface area (Å²) in [5, 5.41) is 21.7. The standard InChI is InChI=1S/C22H19ClN2O3S/c1-12-15(11-24)21(27)25(13-7-3-2-4-8-13)22(28)17(12)19(26)20-18(23)14-9-5-6-10-16(14)29-20/h5-6,9-10,13,28H,2-4,7-8H2,1H3. The lowest BCUT2D eigenvalue weighted by molar-refractivity contribution is 0.103. The van der Waals surface area contributed by atoms with Crippen molar-refractivity contribution >= 4 is 38.8 Å². The summed E-state index contributed by atoms with van der Waals surface area (Å²) in [6.07, 6.45) is 4.43. The number of nitrogens with zero attached hydrogens (tertiary/aromatic N) is 2. The Labute approximate surface area is 176 Å². The molecule has 0 unspecified atom stereocenters. The van der Waals surface area contributed by atoms with Crippen molar-refractivity contribution in [3.05, 3.63) is 61.2 Å². The smallest absolute Gasteiger partial charge is 0.271 e. The van der Waals surface area contributed by atoms with E-state index in [1.807, 2.05) is 30.3 Å². The molecule has 2 aromatic heterocycles. The van der Waals surface area contributed by atoms with Crippen molar-refractivity contribution in [2.24, 2.45) is 0 Å². The molecular formula is C22H19ClN2O3S. The molecule has 1 aliphatic carbocycles. The molecule has 0 saturated heterocycles. The lowest BCUT2D eigenvalue weighted by Gasteiger charge is -2.26. The van der Waals surface area contributed by atoms with Gasteiger partial charge in [-0.1, -0.05) is 49.1 Å². The number of aromatic nitrogens is 1. The Morgan fingerprint density at radius 1 is 1.28 bits per heavy atom. The summed E-state index contributed by atoms with van der Waals surface area (Å²) in [7, 11) is 0. The van der Waals surface area contributed by atoms with Crippen molar-refractivity contribution in [1.29, 1.82) is 5.26 Å². The zero-order valence-electron chi connectivity index (χ0n) is 15.9. The number of thiophene rings is 1. The summed E-state index contributed by atoms with van der Waals surface area (Å²) in [6.45, 7) is 1.53. The quantitative estimate of drug-likeness (QED) is 0.573. The van der Waals surface area contributed by atoms with Gasteiger partial charge in [-0.3, -0.25) is 14.2 Å². The van der Waals surface area contributed by atoms with Gasteiger partial charge in [0, 0.05) is 16.1 Å². The summed E-state index contributed by atoms with van der Waals surface area (Å²) >= 11 is 7.71. The maximum atomic E-state index is 13.4. The minimum Gasteiger partial charge on any atom is -0.494 e. The van der Waals surface area contributed by atoms with Gasteiger partial charge in [0.05, 0.1) is 15.5 Å². The third kappa shape index (κ3) is 3.15. The number of ketones is 1. The number of halogens is 1. The van der Waals surface area contributed by atoms with Gasteiger partial charge >= 0.3 is 0 Å². The number of nitriles is 1. The Kier molecular flexibility index (Phi) is 5.20. The number of hydrogen-bond acceptors (Lipinski definition) is 5. The van der Waals surface area contributed by atoms with Crippen LogP contribution in [0.1, 0.15) is 64.5 Å². The van der Waals surface area contributed by atoms with E-state index < -0.39 is 11.3 Å². The highest BCUT2D eigenvalue weighted by Gasteiger charge is 2.30. The molecule has 29 heavy (non-hydrogen) atoms. The van der Waals surface area contributed by atoms with Crippen LogP contribution >= 0.6 is 22.9 Å². The van der Waals surface area contributed by atoms with E-state index in [9.17, 15) is 20.0 Å². The highest BCUT2D eigenvalue weighted by Crippen LogP contribution is 2.39. The Balaban J connectivity index is 1.95. The van der Waals surface area contributed by atoms with Crippen LogP contribution in [0.5, 0.6) is 5.88 Å². The summed E-state index contributed by atoms with van der Waals surface area (Å²) < 4.78 is 2.11. The Morgan fingerprint density at radius 3 is 2.62 bits per heavy atom. The van der Waals surface area contributed by atoms with Crippen LogP contribution in [0.25, 0.3) is 10.1 Å². The van der Waals surface area contributed by atoms with Gasteiger partial charge in [-0.25, -0.2) is 0 Å². The predicted octanol–water partition coefficient (Wildman–Crippen LogP) is 5.34. The number of benzene rings is 1. The van der Waals surface area contributed by atoms with Crippen LogP contribution in [-0.2, 0) is 0 Å². The maximum Gasteiger partial charge on any atom is 0.271 e. The first-order valence-corrected chi connectivity index (χ1v) is 10.7. The zero-order valence-corrected chi connectivity index (χ0v) is 17.4. The van der Waals surface area contributed by atoms with Crippen LogP contribution in [0.2, 0.25) is 5.02 Å². The van der Waals surface area contributed by atoms with Crippen molar-refractivity contribution in [3.63, 3.8) is 0 Å². The molecule has 0 bridgehead atoms. The van der Waals surface area contributed by atoms with Crippen LogP contribution in [0.4, 0.5) is 0 Å². The fourth-order valence-electron chi connectivity index (χ4n) is 4.15. The van der Waals surface area contributed by atoms with Crippen molar-refractivity contribution in [2.75, 3.05) is 0 Å². The molecule has 0 amide bonds. The van der Waals surface area contributed by atoms with Crippen LogP contribution in [-0.4, -0.2) is 15.5 Å². The van der Waals surface area contributed by atoms with Crippen LogP contribution in [0.15, 0.2) is 29.1 Å². The lowest BCUT2D eigenvalue weighted by Crippen LogP contribution is -2.31. The van der Waals surface area contributed by atoms with Gasteiger partial charge in [0.25, 0.3) is 5.56 Å². The molecule has 0 spiro atoms. The minimum atomic E-state index is -0.534. The molecule has 4 rings (SSSR count). The third-order valence-electron chi connectivity index (χ3n) is 5.65. The topological polar surface area (TPSA) is 83.1 Å². The molecule has 0 radical (unpaired) electrons. The third-order valence-corrected chi connectivity index (χ3v) is 7.33. The fraction of sp³-hybridized carbons (Fsp3) is 0.318. The van der Waals surface area contributed by atoms with Crippen LogP contribution in [0.3, 0.4) is 0 Å². The highest BCUT2D eigenvalue weighted by atomic mass is 35.5. The first kappa shape index (κ1) is 19.7. The molecule has 0 atom stereocenters. The van der Waals surface area contributed by atoms with Crippen molar-refractivity contribution in [2.45, 2.75) is 45.1 Å². The van der Waals surface area contributed by atoms with Gasteiger partial charge in [0.15, 0.2) is 0 Å². The molecule has 0 aliphatic heterocycles. The van der Waals surface area contributed by atoms with E-state index in [-0.39, 0.29) is 28.6 Å². The van der Waals surface area contributed by atoms with E-state index in [2.05, 4.69) is 0 Å². The number of carbonyl (C=O) groups is 1. The van der Waals surface area contributed by atoms with Crippen molar-refractivity contribution in [3.8, 4) is 11.9 Å². The predicted molar refractivity (Wildman–Crippen MR) is 114 cm³/mol. The number of fused-ring (bicyclic) bond motifs is 1. The fourth-order valence-corrected chi connectivity index (χ4v) is 5.61. The molecule has 1 aliphatic rings. The number of rotatable bonds is 3. The van der Waals surface area contributed by atoms with E-state index in [1.54, 1.807) is 0 Å². The molecule has 1 N–H and O–H groups in total. The summed E-state index contributed by atoms with van der Waals surface area (Å²) in [5.41, 5.74) is -0.455. The van der Waals surface area contributed by atoms with E-state index in [0.29, 0.717) is 9.90 Å². The van der Waals surface area contributed by atoms with E-state index in [1.165, 1.54) is 22.8 Å². The number of aromatic hydroxyl groups is 1. The number of carbonyl (C=O) groups excluding carboxylic acids is 1. The summed E-state index contributed by atoms with van der Waals surface area (Å²) in [4.78, 5) is 26.6. The average Bonchev–Trinajstić information content (AvgIpc) is 3.06. The van der Waals surface area contributed by atoms with Gasteiger partial charge < -0.3 is 5.11 Å². The average molecular weight is 427 g/mol. The second-order valence-electron chi connectivity index (χ2n) is 7.35. The monoisotopic (exact) mass is 426 g/mol. The van der Waals surface area contributed by atoms with Crippen molar-refractivity contribution in [1.82, 2.24) is 4.57 Å². The molecule has 2 heterocycles. The largest absolute Gasteiger partial charge is 0.494 e. The first-order valence-electron chi connectivity index (χ1n) is 9.55. The van der Waals surface area contributed by atoms with Crippen molar-refractivity contribution < 1.29 is 9.90 Å². The van der Waals surface area contributed by atoms with E-state index >= 15 is 0 Å². The normalized spacial score (nSPS) is 14.8. The Hall–Kier alpha value is -2.62. The maximum absolute atomic E-state index is 13.4. The minimum absolute atomic E-state index is 0.0137. The molecule has 5 nitrogen and oxygen atoms in total. The first-order chi connectivity index (χ1) is 14.0. The van der Waals surface area contributed by atoms with Gasteiger partial charge in [-0.2, -0.15) is 5.26 Å². The SMILES string of the molecule is Cc1c(C(=O)c2sc3ccccc3c2Cl)c(O)n(C2CCCCC2)c(=O)c1C#N. The molecule has 3 aromatic rings. The second-order valence-corrected chi connectivity index (χ2v) is 8.78. The molecule has 7 heteroatoms. The number of pyridine rings is 1. The van der Waals surface area contributed by atoms with Gasteiger partial charge in [-0.15, -0.1) is 11.3 Å². The molecule has 1 saturated carbocycles. The Morgan fingerprint density at radius 2 is 1.97 bits per heavy atom. The summed E-state index contributed by atoms with van der Waals surface area (Å²) in [6, 6.07) is 9.13. The Bertz CT molecular complexity index is 1230. The molecular weight excluding hydrogens is 408 g/mol.